The van der Waals surface area contributed by atoms with Gasteiger partial charge in [-0.25, -0.2) is 8.78 Å². The van der Waals surface area contributed by atoms with Crippen LogP contribution in [0.25, 0.3) is 22.3 Å². The first-order valence-electron chi connectivity index (χ1n) is 14.3. The number of benzene rings is 4. The van der Waals surface area contributed by atoms with E-state index in [9.17, 15) is 8.78 Å². The van der Waals surface area contributed by atoms with Gasteiger partial charge in [-0.2, -0.15) is 0 Å². The predicted molar refractivity (Wildman–Crippen MR) is 158 cm³/mol. The largest absolute Gasteiger partial charge is 0.207 e. The third kappa shape index (κ3) is 7.87. The van der Waals surface area contributed by atoms with Crippen molar-refractivity contribution in [3.63, 3.8) is 0 Å². The molecule has 0 atom stereocenters. The Bertz CT molecular complexity index is 1290. The van der Waals surface area contributed by atoms with Gasteiger partial charge in [-0.15, -0.1) is 0 Å². The average Bonchev–Trinajstić information content (AvgIpc) is 2.94. The lowest BCUT2D eigenvalue weighted by Crippen LogP contribution is -1.92. The summed E-state index contributed by atoms with van der Waals surface area (Å²) in [6.07, 6.45) is 11.2. The Morgan fingerprint density at radius 2 is 0.947 bits per heavy atom. The lowest BCUT2D eigenvalue weighted by molar-refractivity contribution is 0.603. The van der Waals surface area contributed by atoms with E-state index in [-0.39, 0.29) is 11.6 Å². The number of halogens is 2. The fraction of sp³-hybridized carbons (Fsp3) is 0.333. The van der Waals surface area contributed by atoms with Gasteiger partial charge in [-0.05, 0) is 102 Å². The van der Waals surface area contributed by atoms with Crippen molar-refractivity contribution in [3.05, 3.63) is 119 Å². The molecular formula is C36H40F2. The van der Waals surface area contributed by atoms with Crippen LogP contribution in [-0.2, 0) is 19.3 Å². The Hall–Kier alpha value is -3.26. The standard InChI is InChI=1S/C36H40F2/c1-3-4-12-32-23-24-34(26-36(32)38)31-21-16-29(17-22-31)11-9-7-5-6-8-10-28-14-19-30(20-15-28)33-18-13-27(2)35(37)25-33/h13-26H,3-12H2,1-2H3. The molecule has 0 N–H and O–H groups in total. The van der Waals surface area contributed by atoms with Crippen LogP contribution in [-0.4, -0.2) is 0 Å². The van der Waals surface area contributed by atoms with Crippen LogP contribution in [0, 0.1) is 18.6 Å². The van der Waals surface area contributed by atoms with Gasteiger partial charge in [-0.3, -0.25) is 0 Å². The Labute approximate surface area is 227 Å². The molecule has 0 fully saturated rings. The average molecular weight is 511 g/mol. The molecule has 198 valence electrons. The molecule has 0 saturated heterocycles. The van der Waals surface area contributed by atoms with Crippen molar-refractivity contribution in [2.45, 2.75) is 78.1 Å². The van der Waals surface area contributed by atoms with Crippen molar-refractivity contribution in [1.29, 1.82) is 0 Å². The molecular weight excluding hydrogens is 470 g/mol. The Morgan fingerprint density at radius 3 is 1.45 bits per heavy atom. The molecule has 0 aliphatic heterocycles. The van der Waals surface area contributed by atoms with Crippen molar-refractivity contribution in [2.24, 2.45) is 0 Å². The lowest BCUT2D eigenvalue weighted by atomic mass is 9.98. The smallest absolute Gasteiger partial charge is 0.127 e. The lowest BCUT2D eigenvalue weighted by Gasteiger charge is -2.08. The zero-order valence-electron chi connectivity index (χ0n) is 22.9. The quantitative estimate of drug-likeness (QED) is 0.157. The van der Waals surface area contributed by atoms with E-state index in [1.54, 1.807) is 19.1 Å². The summed E-state index contributed by atoms with van der Waals surface area (Å²) in [5.41, 5.74) is 8.22. The van der Waals surface area contributed by atoms with Crippen molar-refractivity contribution in [1.82, 2.24) is 0 Å². The second-order valence-corrected chi connectivity index (χ2v) is 10.5. The van der Waals surface area contributed by atoms with Crippen molar-refractivity contribution in [3.8, 4) is 22.3 Å². The molecule has 38 heavy (non-hydrogen) atoms. The molecule has 4 aromatic carbocycles. The first-order valence-corrected chi connectivity index (χ1v) is 14.3. The summed E-state index contributed by atoms with van der Waals surface area (Å²) >= 11 is 0. The number of unbranched alkanes of at least 4 members (excludes halogenated alkanes) is 5. The molecule has 0 bridgehead atoms. The summed E-state index contributed by atoms with van der Waals surface area (Å²) in [5, 5.41) is 0. The van der Waals surface area contributed by atoms with Crippen molar-refractivity contribution in [2.75, 3.05) is 0 Å². The SMILES string of the molecule is CCCCc1ccc(-c2ccc(CCCCCCCc3ccc(-c4ccc(C)c(F)c4)cc3)cc2)cc1F. The summed E-state index contributed by atoms with van der Waals surface area (Å²) in [5.74, 6) is -0.236. The predicted octanol–water partition coefficient (Wildman–Crippen LogP) is 10.7. The molecule has 0 amide bonds. The van der Waals surface area contributed by atoms with E-state index in [1.807, 2.05) is 24.3 Å². The summed E-state index contributed by atoms with van der Waals surface area (Å²) in [6.45, 7) is 3.92. The van der Waals surface area contributed by atoms with Gasteiger partial charge < -0.3 is 0 Å². The maximum absolute atomic E-state index is 14.4. The summed E-state index contributed by atoms with van der Waals surface area (Å²) in [6, 6.07) is 28.3. The maximum atomic E-state index is 14.4. The number of rotatable bonds is 13. The van der Waals surface area contributed by atoms with E-state index in [0.717, 1.165) is 59.9 Å². The first-order chi connectivity index (χ1) is 18.5. The molecule has 0 spiro atoms. The van der Waals surface area contributed by atoms with E-state index < -0.39 is 0 Å². The molecule has 2 heteroatoms. The highest BCUT2D eigenvalue weighted by atomic mass is 19.1. The number of hydrogen-bond donors (Lipinski definition) is 0. The Morgan fingerprint density at radius 1 is 0.474 bits per heavy atom. The third-order valence-corrected chi connectivity index (χ3v) is 7.53. The van der Waals surface area contributed by atoms with Crippen LogP contribution < -0.4 is 0 Å². The van der Waals surface area contributed by atoms with E-state index in [0.29, 0.717) is 5.56 Å². The molecule has 0 aliphatic carbocycles. The molecule has 4 aromatic rings. The van der Waals surface area contributed by atoms with Crippen LogP contribution in [0.1, 0.15) is 74.1 Å². The first kappa shape index (κ1) is 27.8. The second-order valence-electron chi connectivity index (χ2n) is 10.5. The number of aryl methyl sites for hydroxylation is 4. The van der Waals surface area contributed by atoms with Gasteiger partial charge >= 0.3 is 0 Å². The van der Waals surface area contributed by atoms with Gasteiger partial charge in [-0.1, -0.05) is 105 Å². The van der Waals surface area contributed by atoms with Crippen LogP contribution in [0.3, 0.4) is 0 Å². The highest BCUT2D eigenvalue weighted by Gasteiger charge is 2.06. The van der Waals surface area contributed by atoms with Gasteiger partial charge in [0.15, 0.2) is 0 Å². The van der Waals surface area contributed by atoms with Crippen molar-refractivity contribution >= 4 is 0 Å². The summed E-state index contributed by atoms with van der Waals surface area (Å²) in [4.78, 5) is 0. The van der Waals surface area contributed by atoms with Crippen molar-refractivity contribution < 1.29 is 8.78 Å². The van der Waals surface area contributed by atoms with Gasteiger partial charge in [0.2, 0.25) is 0 Å². The van der Waals surface area contributed by atoms with E-state index >= 15 is 0 Å². The fourth-order valence-electron chi connectivity index (χ4n) is 4.99. The zero-order valence-corrected chi connectivity index (χ0v) is 22.9. The summed E-state index contributed by atoms with van der Waals surface area (Å²) in [7, 11) is 0. The normalized spacial score (nSPS) is 11.2. The minimum atomic E-state index is -0.149. The Kier molecular flexibility index (Phi) is 10.3. The molecule has 0 aromatic heterocycles. The van der Waals surface area contributed by atoms with Crippen LogP contribution in [0.15, 0.2) is 84.9 Å². The van der Waals surface area contributed by atoms with E-state index in [4.69, 9.17) is 0 Å². The van der Waals surface area contributed by atoms with Gasteiger partial charge in [0, 0.05) is 0 Å². The molecule has 0 heterocycles. The van der Waals surface area contributed by atoms with Crippen LogP contribution >= 0.6 is 0 Å². The van der Waals surface area contributed by atoms with Gasteiger partial charge in [0.1, 0.15) is 11.6 Å². The third-order valence-electron chi connectivity index (χ3n) is 7.53. The van der Waals surface area contributed by atoms with Crippen LogP contribution in [0.5, 0.6) is 0 Å². The zero-order chi connectivity index (χ0) is 26.7. The molecule has 4 rings (SSSR count). The molecule has 0 unspecified atom stereocenters. The van der Waals surface area contributed by atoms with Crippen LogP contribution in [0.4, 0.5) is 8.78 Å². The highest BCUT2D eigenvalue weighted by molar-refractivity contribution is 5.65. The Balaban J connectivity index is 1.14. The summed E-state index contributed by atoms with van der Waals surface area (Å²) < 4.78 is 28.3. The molecule has 0 saturated carbocycles. The van der Waals surface area contributed by atoms with Gasteiger partial charge in [0.05, 0.1) is 0 Å². The van der Waals surface area contributed by atoms with Crippen LogP contribution in [0.2, 0.25) is 0 Å². The fourth-order valence-corrected chi connectivity index (χ4v) is 4.99. The maximum Gasteiger partial charge on any atom is 0.127 e. The molecule has 0 nitrogen and oxygen atoms in total. The number of hydrogen-bond acceptors (Lipinski definition) is 0. The minimum absolute atomic E-state index is 0.0871. The monoisotopic (exact) mass is 510 g/mol. The molecule has 0 aliphatic rings. The highest BCUT2D eigenvalue weighted by Crippen LogP contribution is 2.25. The second kappa shape index (κ2) is 14.0. The van der Waals surface area contributed by atoms with E-state index in [2.05, 4.69) is 55.5 Å². The minimum Gasteiger partial charge on any atom is -0.207 e. The van der Waals surface area contributed by atoms with E-state index in [1.165, 1.54) is 43.2 Å². The molecule has 0 radical (unpaired) electrons. The van der Waals surface area contributed by atoms with Gasteiger partial charge in [0.25, 0.3) is 0 Å². The topological polar surface area (TPSA) is 0 Å².